The van der Waals surface area contributed by atoms with E-state index >= 15 is 0 Å². The molecule has 6 nitrogen and oxygen atoms in total. The molecule has 0 atom stereocenters. The minimum atomic E-state index is -4.29. The van der Waals surface area contributed by atoms with Crippen LogP contribution in [-0.2, 0) is 10.1 Å². The van der Waals surface area contributed by atoms with Gasteiger partial charge in [0.15, 0.2) is 5.17 Å². The highest BCUT2D eigenvalue weighted by Gasteiger charge is 2.21. The maximum absolute atomic E-state index is 13.7. The summed E-state index contributed by atoms with van der Waals surface area (Å²) in [4.78, 5) is -0.523. The number of nitrogens with one attached hydrogen (secondary N) is 1. The Morgan fingerprint density at radius 1 is 1.22 bits per heavy atom. The Hall–Kier alpha value is -1.53. The van der Waals surface area contributed by atoms with Gasteiger partial charge in [-0.05, 0) is 43.2 Å². The molecule has 0 fully saturated rings. The number of nitrogens with two attached hydrogens (primary N) is 1. The van der Waals surface area contributed by atoms with Gasteiger partial charge in [-0.3, -0.25) is 5.41 Å². The maximum atomic E-state index is 13.7. The molecule has 0 heterocycles. The molecular formula is C17H19FIN2O4S2-. The van der Waals surface area contributed by atoms with E-state index in [2.05, 4.69) is 0 Å². The summed E-state index contributed by atoms with van der Waals surface area (Å²) in [5, 5.41) is 7.17. The highest BCUT2D eigenvalue weighted by molar-refractivity contribution is 8.13. The molecule has 0 amide bonds. The normalized spacial score (nSPS) is 10.7. The van der Waals surface area contributed by atoms with E-state index < -0.39 is 20.8 Å². The second-order valence-electron chi connectivity index (χ2n) is 5.36. The maximum Gasteiger partial charge on any atom is 0.342 e. The predicted molar refractivity (Wildman–Crippen MR) is 99.9 cm³/mol. The van der Waals surface area contributed by atoms with Crippen LogP contribution in [0.3, 0.4) is 0 Å². The highest BCUT2D eigenvalue weighted by Crippen LogP contribution is 2.26. The van der Waals surface area contributed by atoms with Crippen molar-refractivity contribution in [2.75, 3.05) is 12.4 Å². The summed E-state index contributed by atoms with van der Waals surface area (Å²) in [6, 6.07) is 9.71. The van der Waals surface area contributed by atoms with Gasteiger partial charge in [-0.15, -0.1) is 0 Å². The average Bonchev–Trinajstić information content (AvgIpc) is 2.53. The van der Waals surface area contributed by atoms with Crippen molar-refractivity contribution in [2.45, 2.75) is 18.2 Å². The minimum Gasteiger partial charge on any atom is -1.00 e. The number of aryl methyl sites for hydroxylation is 1. The van der Waals surface area contributed by atoms with Crippen LogP contribution in [0.5, 0.6) is 11.5 Å². The number of rotatable bonds is 8. The van der Waals surface area contributed by atoms with Crippen molar-refractivity contribution in [1.29, 1.82) is 5.41 Å². The predicted octanol–water partition coefficient (Wildman–Crippen LogP) is 0.301. The van der Waals surface area contributed by atoms with Crippen LogP contribution in [0.25, 0.3) is 0 Å². The Kier molecular flexibility index (Phi) is 9.33. The van der Waals surface area contributed by atoms with Crippen molar-refractivity contribution < 1.29 is 45.7 Å². The lowest BCUT2D eigenvalue weighted by Gasteiger charge is -2.11. The standard InChI is InChI=1S/C17H19FN2O4S2.HI/c1-12-9-13(23-7-4-8-25-17(19)20)11-14(10-12)24-26(21,22)16-6-3-2-5-15(16)18;/h2-3,5-6,9-11H,4,7-8H2,1H3,(H3,19,20);1H/p-1. The fourth-order valence-corrected chi connectivity index (χ4v) is 3.57. The second-order valence-corrected chi connectivity index (χ2v) is 8.02. The van der Waals surface area contributed by atoms with Crippen LogP contribution in [0.4, 0.5) is 4.39 Å². The molecule has 0 unspecified atom stereocenters. The van der Waals surface area contributed by atoms with E-state index in [9.17, 15) is 12.8 Å². The van der Waals surface area contributed by atoms with E-state index in [4.69, 9.17) is 20.1 Å². The molecule has 0 aliphatic heterocycles. The van der Waals surface area contributed by atoms with Crippen molar-refractivity contribution in [1.82, 2.24) is 0 Å². The molecule has 2 rings (SSSR count). The van der Waals surface area contributed by atoms with Gasteiger partial charge in [-0.25, -0.2) is 4.39 Å². The van der Waals surface area contributed by atoms with E-state index in [0.717, 1.165) is 17.7 Å². The van der Waals surface area contributed by atoms with Crippen LogP contribution in [0.15, 0.2) is 47.4 Å². The summed E-state index contributed by atoms with van der Waals surface area (Å²) < 4.78 is 48.9. The fraction of sp³-hybridized carbons (Fsp3) is 0.235. The zero-order valence-corrected chi connectivity index (χ0v) is 18.2. The molecule has 3 N–H and O–H groups in total. The van der Waals surface area contributed by atoms with Gasteiger partial charge in [0.25, 0.3) is 0 Å². The van der Waals surface area contributed by atoms with Gasteiger partial charge >= 0.3 is 10.1 Å². The lowest BCUT2D eigenvalue weighted by atomic mass is 10.2. The largest absolute Gasteiger partial charge is 1.00 e. The molecule has 0 bridgehead atoms. The van der Waals surface area contributed by atoms with Crippen molar-refractivity contribution in [3.8, 4) is 11.5 Å². The topological polar surface area (TPSA) is 102 Å². The zero-order valence-electron chi connectivity index (χ0n) is 14.4. The van der Waals surface area contributed by atoms with E-state index in [0.29, 0.717) is 24.5 Å². The summed E-state index contributed by atoms with van der Waals surface area (Å²) in [7, 11) is -4.29. The van der Waals surface area contributed by atoms with Crippen molar-refractivity contribution in [3.05, 3.63) is 53.8 Å². The van der Waals surface area contributed by atoms with Gasteiger partial charge in [0, 0.05) is 11.8 Å². The van der Waals surface area contributed by atoms with Gasteiger partial charge in [0.2, 0.25) is 0 Å². The number of hydrogen-bond acceptors (Lipinski definition) is 6. The molecule has 2 aromatic carbocycles. The molecule has 0 saturated heterocycles. The lowest BCUT2D eigenvalue weighted by molar-refractivity contribution is -0.0000104. The summed E-state index contributed by atoms with van der Waals surface area (Å²) in [5.41, 5.74) is 5.98. The third-order valence-corrected chi connectivity index (χ3v) is 5.24. The van der Waals surface area contributed by atoms with E-state index in [1.807, 2.05) is 0 Å². The van der Waals surface area contributed by atoms with Gasteiger partial charge in [0.1, 0.15) is 22.2 Å². The SMILES string of the molecule is Cc1cc(OCCCSC(=N)N)cc(OS(=O)(=O)c2ccccc2F)c1.[I-]. The number of hydrogen-bond donors (Lipinski definition) is 2. The van der Waals surface area contributed by atoms with Crippen LogP contribution in [0.2, 0.25) is 0 Å². The van der Waals surface area contributed by atoms with E-state index in [1.165, 1.54) is 36.0 Å². The molecule has 148 valence electrons. The van der Waals surface area contributed by atoms with Crippen LogP contribution in [-0.4, -0.2) is 25.9 Å². The van der Waals surface area contributed by atoms with Crippen LogP contribution >= 0.6 is 11.8 Å². The second kappa shape index (κ2) is 10.7. The third-order valence-electron chi connectivity index (χ3n) is 3.15. The Labute approximate surface area is 179 Å². The van der Waals surface area contributed by atoms with Gasteiger partial charge in [0.05, 0.1) is 6.61 Å². The smallest absolute Gasteiger partial charge is 0.342 e. The Bertz CT molecular complexity index is 894. The van der Waals surface area contributed by atoms with Gasteiger partial charge in [-0.2, -0.15) is 8.42 Å². The molecule has 0 spiro atoms. The van der Waals surface area contributed by atoms with Gasteiger partial charge in [-0.1, -0.05) is 23.9 Å². The molecule has 0 aliphatic rings. The summed E-state index contributed by atoms with van der Waals surface area (Å²) in [6.45, 7) is 2.14. The highest BCUT2D eigenvalue weighted by atomic mass is 127. The minimum absolute atomic E-state index is 0. The average molecular weight is 525 g/mol. The van der Waals surface area contributed by atoms with Crippen molar-refractivity contribution in [2.24, 2.45) is 5.73 Å². The zero-order chi connectivity index (χ0) is 19.2. The number of thioether (sulfide) groups is 1. The number of amidine groups is 1. The van der Waals surface area contributed by atoms with Gasteiger partial charge < -0.3 is 38.6 Å². The van der Waals surface area contributed by atoms with E-state index in [-0.39, 0.29) is 34.9 Å². The number of ether oxygens (including phenoxy) is 1. The molecule has 10 heteroatoms. The molecule has 0 saturated carbocycles. The molecule has 2 aromatic rings. The first-order valence-electron chi connectivity index (χ1n) is 7.68. The van der Waals surface area contributed by atoms with Crippen LogP contribution < -0.4 is 38.6 Å². The Morgan fingerprint density at radius 2 is 1.89 bits per heavy atom. The summed E-state index contributed by atoms with van der Waals surface area (Å²) >= 11 is 1.22. The fourth-order valence-electron chi connectivity index (χ4n) is 2.10. The first-order chi connectivity index (χ1) is 12.3. The summed E-state index contributed by atoms with van der Waals surface area (Å²) in [6.07, 6.45) is 0.669. The molecule has 27 heavy (non-hydrogen) atoms. The monoisotopic (exact) mass is 525 g/mol. The summed E-state index contributed by atoms with van der Waals surface area (Å²) in [5.74, 6) is 0.254. The number of halogens is 2. The first kappa shape index (κ1) is 23.5. The van der Waals surface area contributed by atoms with E-state index in [1.54, 1.807) is 13.0 Å². The third kappa shape index (κ3) is 7.54. The van der Waals surface area contributed by atoms with Crippen LogP contribution in [0, 0.1) is 18.2 Å². The molecule has 0 aromatic heterocycles. The quantitative estimate of drug-likeness (QED) is 0.169. The molecule has 0 radical (unpaired) electrons. The molecular weight excluding hydrogens is 506 g/mol. The van der Waals surface area contributed by atoms with Crippen molar-refractivity contribution in [3.63, 3.8) is 0 Å². The number of benzene rings is 2. The molecule has 0 aliphatic carbocycles. The van der Waals surface area contributed by atoms with Crippen LogP contribution in [0.1, 0.15) is 12.0 Å². The Balaban J connectivity index is 0.00000364. The Morgan fingerprint density at radius 3 is 2.56 bits per heavy atom. The first-order valence-corrected chi connectivity index (χ1v) is 10.1. The lowest BCUT2D eigenvalue weighted by Crippen LogP contribution is -3.00. The van der Waals surface area contributed by atoms with Crippen molar-refractivity contribution >= 4 is 27.0 Å².